The predicted molar refractivity (Wildman–Crippen MR) is 66.9 cm³/mol. The predicted octanol–water partition coefficient (Wildman–Crippen LogP) is 3.24. The van der Waals surface area contributed by atoms with E-state index in [2.05, 4.69) is 36.5 Å². The van der Waals surface area contributed by atoms with Crippen molar-refractivity contribution in [1.29, 1.82) is 5.26 Å². The van der Waals surface area contributed by atoms with Gasteiger partial charge in [-0.1, -0.05) is 36.4 Å². The van der Waals surface area contributed by atoms with Gasteiger partial charge in [0.1, 0.15) is 0 Å². The van der Waals surface area contributed by atoms with Crippen LogP contribution in [0.25, 0.3) is 22.9 Å². The highest BCUT2D eigenvalue weighted by Crippen LogP contribution is 2.36. The number of rotatable bonds is 1. The zero-order valence-corrected chi connectivity index (χ0v) is 8.94. The van der Waals surface area contributed by atoms with E-state index < -0.39 is 0 Å². The standard InChI is InChI=1S/C14H10N2/c1-16(9-15)13-8-7-11-6-5-10-3-2-4-12(13)14(10)11/h2-8H,1H3. The summed E-state index contributed by atoms with van der Waals surface area (Å²) < 4.78 is 0. The van der Waals surface area contributed by atoms with Gasteiger partial charge >= 0.3 is 0 Å². The van der Waals surface area contributed by atoms with Gasteiger partial charge in [0.2, 0.25) is 0 Å². The third-order valence-electron chi connectivity index (χ3n) is 3.04. The van der Waals surface area contributed by atoms with Crippen LogP contribution in [0.2, 0.25) is 0 Å². The molecule has 0 amide bonds. The lowest BCUT2D eigenvalue weighted by atomic mass is 10.0. The van der Waals surface area contributed by atoms with Gasteiger partial charge in [-0.25, -0.2) is 0 Å². The molecule has 2 aromatic carbocycles. The molecule has 2 heteroatoms. The van der Waals surface area contributed by atoms with Gasteiger partial charge in [0.25, 0.3) is 0 Å². The number of anilines is 1. The Morgan fingerprint density at radius 1 is 1.06 bits per heavy atom. The second-order valence-corrected chi connectivity index (χ2v) is 3.94. The molecule has 0 saturated heterocycles. The van der Waals surface area contributed by atoms with E-state index in [-0.39, 0.29) is 0 Å². The van der Waals surface area contributed by atoms with Crippen LogP contribution in [0.15, 0.2) is 30.3 Å². The molecular formula is C14H10N2. The molecule has 2 nitrogen and oxygen atoms in total. The average molecular weight is 206 g/mol. The molecule has 0 N–H and O–H groups in total. The van der Waals surface area contributed by atoms with Crippen LogP contribution in [-0.4, -0.2) is 7.05 Å². The smallest absolute Gasteiger partial charge is 0.184 e. The molecule has 0 aromatic heterocycles. The Bertz CT molecular complexity index is 635. The minimum atomic E-state index is 0.965. The Morgan fingerprint density at radius 3 is 2.56 bits per heavy atom. The summed E-state index contributed by atoms with van der Waals surface area (Å²) in [5.41, 5.74) is 3.44. The van der Waals surface area contributed by atoms with Crippen LogP contribution in [0.4, 0.5) is 5.69 Å². The Balaban J connectivity index is 2.41. The SMILES string of the molecule is CN(C#N)c1ccc2c3c(cccc13)C=C2. The monoisotopic (exact) mass is 206 g/mol. The molecule has 0 radical (unpaired) electrons. The first-order valence-corrected chi connectivity index (χ1v) is 5.18. The summed E-state index contributed by atoms with van der Waals surface area (Å²) in [5, 5.41) is 11.4. The van der Waals surface area contributed by atoms with Gasteiger partial charge in [0, 0.05) is 12.4 Å². The van der Waals surface area contributed by atoms with Crippen molar-refractivity contribution in [2.75, 3.05) is 11.9 Å². The third kappa shape index (κ3) is 1.06. The van der Waals surface area contributed by atoms with Crippen LogP contribution < -0.4 is 4.90 Å². The van der Waals surface area contributed by atoms with Crippen molar-refractivity contribution in [3.63, 3.8) is 0 Å². The summed E-state index contributed by atoms with van der Waals surface area (Å²) in [5.74, 6) is 0. The fraction of sp³-hybridized carbons (Fsp3) is 0.0714. The second-order valence-electron chi connectivity index (χ2n) is 3.94. The molecule has 3 rings (SSSR count). The Morgan fingerprint density at radius 2 is 1.81 bits per heavy atom. The van der Waals surface area contributed by atoms with Crippen LogP contribution in [0.1, 0.15) is 11.1 Å². The Hall–Kier alpha value is -2.27. The summed E-state index contributed by atoms with van der Waals surface area (Å²) in [4.78, 5) is 1.60. The van der Waals surface area contributed by atoms with Gasteiger partial charge < -0.3 is 0 Å². The molecule has 0 spiro atoms. The van der Waals surface area contributed by atoms with Crippen molar-refractivity contribution in [2.45, 2.75) is 0 Å². The highest BCUT2D eigenvalue weighted by molar-refractivity contribution is 6.09. The van der Waals surface area contributed by atoms with Crippen molar-refractivity contribution in [3.8, 4) is 6.19 Å². The van der Waals surface area contributed by atoms with Crippen molar-refractivity contribution in [1.82, 2.24) is 0 Å². The molecule has 0 heterocycles. The van der Waals surface area contributed by atoms with Crippen LogP contribution >= 0.6 is 0 Å². The molecule has 0 bridgehead atoms. The molecule has 16 heavy (non-hydrogen) atoms. The van der Waals surface area contributed by atoms with E-state index in [1.165, 1.54) is 16.5 Å². The number of nitrogens with zero attached hydrogens (tertiary/aromatic N) is 2. The van der Waals surface area contributed by atoms with Crippen LogP contribution in [-0.2, 0) is 0 Å². The zero-order chi connectivity index (χ0) is 11.1. The highest BCUT2D eigenvalue weighted by atomic mass is 15.1. The first kappa shape index (κ1) is 8.99. The van der Waals surface area contributed by atoms with Crippen LogP contribution in [0.5, 0.6) is 0 Å². The van der Waals surface area contributed by atoms with Gasteiger partial charge in [0.05, 0.1) is 5.69 Å². The van der Waals surface area contributed by atoms with Crippen LogP contribution in [0, 0.1) is 11.5 Å². The van der Waals surface area contributed by atoms with Gasteiger partial charge in [-0.3, -0.25) is 4.90 Å². The molecule has 0 fully saturated rings. The van der Waals surface area contributed by atoms with Crippen molar-refractivity contribution in [3.05, 3.63) is 41.5 Å². The van der Waals surface area contributed by atoms with Gasteiger partial charge in [-0.05, 0) is 22.6 Å². The largest absolute Gasteiger partial charge is 0.282 e. The number of hydrogen-bond acceptors (Lipinski definition) is 2. The Labute approximate surface area is 94.0 Å². The third-order valence-corrected chi connectivity index (χ3v) is 3.04. The summed E-state index contributed by atoms with van der Waals surface area (Å²) in [6, 6.07) is 10.3. The molecule has 0 saturated carbocycles. The van der Waals surface area contributed by atoms with Gasteiger partial charge in [-0.2, -0.15) is 5.26 Å². The summed E-state index contributed by atoms with van der Waals surface area (Å²) >= 11 is 0. The molecule has 2 aromatic rings. The van der Waals surface area contributed by atoms with E-state index in [1.54, 1.807) is 11.9 Å². The summed E-state index contributed by atoms with van der Waals surface area (Å²) in [7, 11) is 1.78. The minimum Gasteiger partial charge on any atom is -0.282 e. The van der Waals surface area contributed by atoms with Crippen LogP contribution in [0.3, 0.4) is 0 Å². The van der Waals surface area contributed by atoms with Crippen molar-refractivity contribution < 1.29 is 0 Å². The molecule has 0 aliphatic heterocycles. The molecular weight excluding hydrogens is 196 g/mol. The minimum absolute atomic E-state index is 0.965. The quantitative estimate of drug-likeness (QED) is 0.451. The molecule has 1 aliphatic rings. The zero-order valence-electron chi connectivity index (χ0n) is 8.94. The van der Waals surface area contributed by atoms with E-state index in [1.807, 2.05) is 12.1 Å². The van der Waals surface area contributed by atoms with Crippen molar-refractivity contribution >= 4 is 28.6 Å². The fourth-order valence-corrected chi connectivity index (χ4v) is 2.25. The molecule has 76 valence electrons. The fourth-order valence-electron chi connectivity index (χ4n) is 2.25. The number of nitriles is 1. The van der Waals surface area contributed by atoms with E-state index in [9.17, 15) is 0 Å². The first-order valence-electron chi connectivity index (χ1n) is 5.18. The topological polar surface area (TPSA) is 27.0 Å². The van der Waals surface area contributed by atoms with E-state index >= 15 is 0 Å². The highest BCUT2D eigenvalue weighted by Gasteiger charge is 2.13. The van der Waals surface area contributed by atoms with Gasteiger partial charge in [-0.15, -0.1) is 0 Å². The maximum Gasteiger partial charge on any atom is 0.184 e. The van der Waals surface area contributed by atoms with Gasteiger partial charge in [0.15, 0.2) is 6.19 Å². The normalized spacial score (nSPS) is 11.8. The average Bonchev–Trinajstić information content (AvgIpc) is 2.74. The lowest BCUT2D eigenvalue weighted by Gasteiger charge is -2.13. The van der Waals surface area contributed by atoms with E-state index in [0.29, 0.717) is 0 Å². The summed E-state index contributed by atoms with van der Waals surface area (Å²) in [6.07, 6.45) is 6.38. The Kier molecular flexibility index (Phi) is 1.75. The first-order chi connectivity index (χ1) is 7.81. The maximum absolute atomic E-state index is 8.96. The molecule has 0 unspecified atom stereocenters. The number of benzene rings is 2. The van der Waals surface area contributed by atoms with E-state index in [0.717, 1.165) is 11.1 Å². The maximum atomic E-state index is 8.96. The number of hydrogen-bond donors (Lipinski definition) is 0. The lowest BCUT2D eigenvalue weighted by molar-refractivity contribution is 1.22. The lowest BCUT2D eigenvalue weighted by Crippen LogP contribution is -2.08. The summed E-state index contributed by atoms with van der Waals surface area (Å²) in [6.45, 7) is 0. The second kappa shape index (κ2) is 3.11. The molecule has 1 aliphatic carbocycles. The molecule has 0 atom stereocenters. The van der Waals surface area contributed by atoms with E-state index in [4.69, 9.17) is 5.26 Å². The van der Waals surface area contributed by atoms with Crippen molar-refractivity contribution in [2.24, 2.45) is 0 Å².